The van der Waals surface area contributed by atoms with Crippen LogP contribution in [0.1, 0.15) is 0 Å². The number of carbonyl (C=O) groups is 1. The minimum atomic E-state index is -5.19. The van der Waals surface area contributed by atoms with E-state index < -0.39 is 12.1 Å². The molecule has 1 aromatic rings. The van der Waals surface area contributed by atoms with Gasteiger partial charge in [0.2, 0.25) is 5.39 Å². The number of aliphatic carboxylic acids is 1. The molecule has 5 nitrogen and oxygen atoms in total. The summed E-state index contributed by atoms with van der Waals surface area (Å²) in [5, 5.41) is 17.2. The Morgan fingerprint density at radius 2 is 1.67 bits per heavy atom. The standard InChI is InChI=1S/C8H10N3.C2HF3O2/c1-11(2)8-5-3-7(10-9)4-6-8;3-2(4,5)1(6)7/h3-6H,1-2H3;(H,6,7)/q+1;/p-1. The monoisotopic (exact) mass is 261 g/mol. The van der Waals surface area contributed by atoms with Gasteiger partial charge in [0.1, 0.15) is 5.97 Å². The Kier molecular flexibility index (Phi) is 5.62. The Hall–Kier alpha value is -2.30. The highest BCUT2D eigenvalue weighted by Crippen LogP contribution is 2.17. The number of rotatable bonds is 1. The molecule has 0 aliphatic heterocycles. The topological polar surface area (TPSA) is 71.5 Å². The maximum Gasteiger partial charge on any atom is 0.430 e. The van der Waals surface area contributed by atoms with Crippen molar-refractivity contribution in [3.05, 3.63) is 29.2 Å². The van der Waals surface area contributed by atoms with Crippen LogP contribution in [0, 0.1) is 5.39 Å². The van der Waals surface area contributed by atoms with E-state index in [4.69, 9.17) is 15.3 Å². The SMILES string of the molecule is CN(C)c1ccc([N+]#N)cc1.O=C([O-])C(F)(F)F. The van der Waals surface area contributed by atoms with Crippen molar-refractivity contribution in [2.75, 3.05) is 19.0 Å². The van der Waals surface area contributed by atoms with Crippen molar-refractivity contribution in [3.63, 3.8) is 0 Å². The number of alkyl halides is 3. The minimum Gasteiger partial charge on any atom is -0.542 e. The molecular formula is C10H10F3N3O2. The first kappa shape index (κ1) is 15.7. The molecule has 0 heterocycles. The number of carbonyl (C=O) groups excluding carboxylic acids is 1. The van der Waals surface area contributed by atoms with E-state index in [1.165, 1.54) is 0 Å². The average Bonchev–Trinajstić information content (AvgIpc) is 2.28. The summed E-state index contributed by atoms with van der Waals surface area (Å²) in [6, 6.07) is 7.31. The summed E-state index contributed by atoms with van der Waals surface area (Å²) < 4.78 is 31.5. The second kappa shape index (κ2) is 6.44. The van der Waals surface area contributed by atoms with Gasteiger partial charge in [0, 0.05) is 31.9 Å². The number of nitrogens with zero attached hydrogens (tertiary/aromatic N) is 3. The zero-order valence-electron chi connectivity index (χ0n) is 9.60. The lowest BCUT2D eigenvalue weighted by molar-refractivity contribution is -0.344. The Bertz CT molecular complexity index is 435. The summed E-state index contributed by atoms with van der Waals surface area (Å²) in [5.41, 5.74) is 1.67. The lowest BCUT2D eigenvalue weighted by atomic mass is 10.3. The van der Waals surface area contributed by atoms with Crippen molar-refractivity contribution in [1.29, 1.82) is 5.39 Å². The largest absolute Gasteiger partial charge is 0.542 e. The van der Waals surface area contributed by atoms with Crippen LogP contribution < -0.4 is 10.0 Å². The molecule has 98 valence electrons. The molecule has 0 radical (unpaired) electrons. The second-order valence-electron chi connectivity index (χ2n) is 3.30. The number of hydrogen-bond donors (Lipinski definition) is 0. The van der Waals surface area contributed by atoms with Crippen LogP contribution in [0.25, 0.3) is 4.98 Å². The molecular weight excluding hydrogens is 251 g/mol. The Labute approximate surface area is 101 Å². The van der Waals surface area contributed by atoms with Crippen LogP contribution in [0.4, 0.5) is 24.5 Å². The van der Waals surface area contributed by atoms with E-state index in [1.54, 1.807) is 12.1 Å². The Morgan fingerprint density at radius 3 is 1.89 bits per heavy atom. The van der Waals surface area contributed by atoms with Crippen molar-refractivity contribution in [2.24, 2.45) is 0 Å². The van der Waals surface area contributed by atoms with Gasteiger partial charge in [-0.1, -0.05) is 0 Å². The molecule has 0 amide bonds. The number of carboxylic acid groups (broad SMARTS) is 1. The zero-order chi connectivity index (χ0) is 14.3. The molecule has 0 atom stereocenters. The Morgan fingerprint density at radius 1 is 1.28 bits per heavy atom. The fraction of sp³-hybridized carbons (Fsp3) is 0.300. The number of diazo groups is 1. The van der Waals surface area contributed by atoms with Crippen molar-refractivity contribution in [3.8, 4) is 0 Å². The van der Waals surface area contributed by atoms with Crippen LogP contribution in [0.5, 0.6) is 0 Å². The van der Waals surface area contributed by atoms with Crippen molar-refractivity contribution >= 4 is 17.3 Å². The van der Waals surface area contributed by atoms with E-state index in [9.17, 15) is 13.2 Å². The molecule has 0 spiro atoms. The van der Waals surface area contributed by atoms with Crippen LogP contribution in [-0.4, -0.2) is 26.2 Å². The van der Waals surface area contributed by atoms with Gasteiger partial charge in [-0.15, -0.1) is 0 Å². The predicted octanol–water partition coefficient (Wildman–Crippen LogP) is 1.54. The summed E-state index contributed by atoms with van der Waals surface area (Å²) in [5.74, 6) is -3.01. The summed E-state index contributed by atoms with van der Waals surface area (Å²) >= 11 is 0. The summed E-state index contributed by atoms with van der Waals surface area (Å²) in [6.07, 6.45) is -5.19. The lowest BCUT2D eigenvalue weighted by Gasteiger charge is -2.09. The summed E-state index contributed by atoms with van der Waals surface area (Å²) in [7, 11) is 3.93. The zero-order valence-corrected chi connectivity index (χ0v) is 9.60. The number of hydrogen-bond acceptors (Lipinski definition) is 4. The van der Waals surface area contributed by atoms with E-state index in [0.29, 0.717) is 5.69 Å². The molecule has 1 aromatic carbocycles. The third kappa shape index (κ3) is 5.69. The third-order valence-electron chi connectivity index (χ3n) is 1.71. The molecule has 0 fully saturated rings. The summed E-state index contributed by atoms with van der Waals surface area (Å²) in [4.78, 5) is 13.8. The average molecular weight is 261 g/mol. The number of carboxylic acids is 1. The van der Waals surface area contributed by atoms with Crippen LogP contribution in [0.2, 0.25) is 0 Å². The molecule has 1 rings (SSSR count). The number of benzene rings is 1. The van der Waals surface area contributed by atoms with Crippen LogP contribution in [-0.2, 0) is 4.79 Å². The van der Waals surface area contributed by atoms with Gasteiger partial charge in [-0.2, -0.15) is 13.2 Å². The first-order valence-corrected chi connectivity index (χ1v) is 4.59. The summed E-state index contributed by atoms with van der Waals surface area (Å²) in [6.45, 7) is 0. The van der Waals surface area contributed by atoms with Crippen molar-refractivity contribution in [1.82, 2.24) is 0 Å². The van der Waals surface area contributed by atoms with Crippen molar-refractivity contribution in [2.45, 2.75) is 6.18 Å². The molecule has 0 saturated heterocycles. The lowest BCUT2D eigenvalue weighted by Crippen LogP contribution is -2.37. The molecule has 8 heteroatoms. The number of anilines is 1. The van der Waals surface area contributed by atoms with Crippen molar-refractivity contribution < 1.29 is 23.1 Å². The molecule has 0 saturated carbocycles. The first-order valence-electron chi connectivity index (χ1n) is 4.59. The van der Waals surface area contributed by atoms with Gasteiger partial charge >= 0.3 is 11.9 Å². The van der Waals surface area contributed by atoms with Gasteiger partial charge in [-0.05, 0) is 12.1 Å². The van der Waals surface area contributed by atoms with Crippen LogP contribution in [0.3, 0.4) is 0 Å². The van der Waals surface area contributed by atoms with Gasteiger partial charge in [-0.25, -0.2) is 0 Å². The van der Waals surface area contributed by atoms with E-state index in [1.807, 2.05) is 31.1 Å². The molecule has 0 aliphatic carbocycles. The molecule has 0 N–H and O–H groups in total. The van der Waals surface area contributed by atoms with Gasteiger partial charge in [0.25, 0.3) is 0 Å². The van der Waals surface area contributed by atoms with Gasteiger partial charge in [-0.3, -0.25) is 0 Å². The Balaban J connectivity index is 0.000000360. The molecule has 0 unspecified atom stereocenters. The first-order chi connectivity index (χ1) is 8.18. The minimum absolute atomic E-state index is 0.579. The van der Waals surface area contributed by atoms with Gasteiger partial charge in [0.15, 0.2) is 4.98 Å². The van der Waals surface area contributed by atoms with Gasteiger partial charge < -0.3 is 14.8 Å². The van der Waals surface area contributed by atoms with E-state index in [2.05, 4.69) is 4.98 Å². The van der Waals surface area contributed by atoms with Crippen LogP contribution >= 0.6 is 0 Å². The quantitative estimate of drug-likeness (QED) is 0.719. The van der Waals surface area contributed by atoms with Gasteiger partial charge in [0.05, 0.1) is 0 Å². The highest BCUT2D eigenvalue weighted by atomic mass is 19.4. The highest BCUT2D eigenvalue weighted by Gasteiger charge is 2.28. The molecule has 0 aliphatic rings. The van der Waals surface area contributed by atoms with Crippen LogP contribution in [0.15, 0.2) is 24.3 Å². The fourth-order valence-electron chi connectivity index (χ4n) is 0.817. The third-order valence-corrected chi connectivity index (χ3v) is 1.71. The fourth-order valence-corrected chi connectivity index (χ4v) is 0.817. The maximum atomic E-state index is 10.5. The predicted molar refractivity (Wildman–Crippen MR) is 56.6 cm³/mol. The molecule has 0 bridgehead atoms. The smallest absolute Gasteiger partial charge is 0.430 e. The number of halogens is 3. The molecule has 0 aromatic heterocycles. The normalized spacial score (nSPS) is 9.78. The second-order valence-corrected chi connectivity index (χ2v) is 3.30. The maximum absolute atomic E-state index is 10.5. The van der Waals surface area contributed by atoms with E-state index in [-0.39, 0.29) is 0 Å². The molecule has 18 heavy (non-hydrogen) atoms. The van der Waals surface area contributed by atoms with E-state index >= 15 is 0 Å². The van der Waals surface area contributed by atoms with E-state index in [0.717, 1.165) is 5.69 Å². The highest BCUT2D eigenvalue weighted by molar-refractivity contribution is 5.70.